The smallest absolute Gasteiger partial charge is 0.231 e. The third kappa shape index (κ3) is 4.26. The van der Waals surface area contributed by atoms with Crippen molar-refractivity contribution in [3.05, 3.63) is 60.0 Å². The van der Waals surface area contributed by atoms with E-state index in [2.05, 4.69) is 50.9 Å². The SMILES string of the molecule is CCc1ccc(-n2c(C3CCC(Oc4ccccn4)CC3)nnc2N(C)C)cc1. The fourth-order valence-corrected chi connectivity index (χ4v) is 4.00. The number of nitrogens with zero attached hydrogens (tertiary/aromatic N) is 5. The first-order chi connectivity index (χ1) is 14.2. The molecule has 0 bridgehead atoms. The number of aryl methyl sites for hydroxylation is 1. The zero-order valence-corrected chi connectivity index (χ0v) is 17.5. The van der Waals surface area contributed by atoms with Crippen LogP contribution in [0.3, 0.4) is 0 Å². The van der Waals surface area contributed by atoms with Gasteiger partial charge >= 0.3 is 0 Å². The van der Waals surface area contributed by atoms with Crippen LogP contribution in [0.15, 0.2) is 48.7 Å². The number of ether oxygens (including phenoxy) is 1. The van der Waals surface area contributed by atoms with Crippen molar-refractivity contribution >= 4 is 5.95 Å². The Bertz CT molecular complexity index is 912. The lowest BCUT2D eigenvalue weighted by Gasteiger charge is -2.28. The normalized spacial score (nSPS) is 19.1. The minimum Gasteiger partial charge on any atom is -0.474 e. The van der Waals surface area contributed by atoms with Crippen molar-refractivity contribution in [2.24, 2.45) is 0 Å². The van der Waals surface area contributed by atoms with Crippen LogP contribution >= 0.6 is 0 Å². The minimum absolute atomic E-state index is 0.217. The number of hydrogen-bond donors (Lipinski definition) is 0. The predicted octanol–water partition coefficient (Wildman–Crippen LogP) is 4.40. The van der Waals surface area contributed by atoms with Gasteiger partial charge in [-0.1, -0.05) is 25.1 Å². The van der Waals surface area contributed by atoms with Crippen LogP contribution < -0.4 is 9.64 Å². The molecule has 6 heteroatoms. The quantitative estimate of drug-likeness (QED) is 0.623. The Kier molecular flexibility index (Phi) is 5.79. The van der Waals surface area contributed by atoms with Gasteiger partial charge < -0.3 is 9.64 Å². The Hall–Kier alpha value is -2.89. The highest BCUT2D eigenvalue weighted by Gasteiger charge is 2.29. The standard InChI is InChI=1S/C23H29N5O/c1-4-17-8-12-19(13-9-17)28-22(25-26-23(28)27(2)3)18-10-14-20(15-11-18)29-21-7-5-6-16-24-21/h5-9,12-13,16,18,20H,4,10-11,14-15H2,1-3H3. The van der Waals surface area contributed by atoms with Crippen molar-refractivity contribution in [1.82, 2.24) is 19.7 Å². The molecule has 1 aromatic carbocycles. The van der Waals surface area contributed by atoms with Crippen LogP contribution in [0.4, 0.5) is 5.95 Å². The Morgan fingerprint density at radius 2 is 1.76 bits per heavy atom. The molecule has 1 fully saturated rings. The summed E-state index contributed by atoms with van der Waals surface area (Å²) in [7, 11) is 4.03. The van der Waals surface area contributed by atoms with Gasteiger partial charge in [-0.25, -0.2) is 4.98 Å². The molecule has 4 rings (SSSR count). The van der Waals surface area contributed by atoms with Crippen LogP contribution in [0.25, 0.3) is 5.69 Å². The Morgan fingerprint density at radius 3 is 2.38 bits per heavy atom. The summed E-state index contributed by atoms with van der Waals surface area (Å²) in [5.74, 6) is 3.01. The number of rotatable bonds is 6. The summed E-state index contributed by atoms with van der Waals surface area (Å²) in [6, 6.07) is 14.5. The van der Waals surface area contributed by atoms with Gasteiger partial charge in [-0.15, -0.1) is 10.2 Å². The van der Waals surface area contributed by atoms with Gasteiger partial charge in [-0.3, -0.25) is 4.57 Å². The fraction of sp³-hybridized carbons (Fsp3) is 0.435. The average Bonchev–Trinajstić information content (AvgIpc) is 3.20. The highest BCUT2D eigenvalue weighted by molar-refractivity contribution is 5.45. The molecule has 0 N–H and O–H groups in total. The number of hydrogen-bond acceptors (Lipinski definition) is 5. The average molecular weight is 392 g/mol. The highest BCUT2D eigenvalue weighted by Crippen LogP contribution is 2.36. The van der Waals surface area contributed by atoms with Crippen molar-refractivity contribution in [3.8, 4) is 11.6 Å². The van der Waals surface area contributed by atoms with Crippen LogP contribution in [-0.4, -0.2) is 39.9 Å². The van der Waals surface area contributed by atoms with E-state index in [0.717, 1.165) is 49.6 Å². The van der Waals surface area contributed by atoms with E-state index in [0.29, 0.717) is 11.8 Å². The summed E-state index contributed by atoms with van der Waals surface area (Å²) in [6.45, 7) is 2.18. The summed E-state index contributed by atoms with van der Waals surface area (Å²) in [5.41, 5.74) is 2.46. The summed E-state index contributed by atoms with van der Waals surface area (Å²) >= 11 is 0. The fourth-order valence-electron chi connectivity index (χ4n) is 4.00. The molecular weight excluding hydrogens is 362 g/mol. The van der Waals surface area contributed by atoms with Gasteiger partial charge in [0.25, 0.3) is 0 Å². The number of anilines is 1. The molecule has 2 heterocycles. The first-order valence-electron chi connectivity index (χ1n) is 10.5. The van der Waals surface area contributed by atoms with Gasteiger partial charge in [0.1, 0.15) is 11.9 Å². The molecule has 1 aliphatic carbocycles. The van der Waals surface area contributed by atoms with Gasteiger partial charge in [-0.05, 0) is 55.9 Å². The highest BCUT2D eigenvalue weighted by atomic mass is 16.5. The third-order valence-corrected chi connectivity index (χ3v) is 5.64. The topological polar surface area (TPSA) is 56.1 Å². The zero-order chi connectivity index (χ0) is 20.2. The van der Waals surface area contributed by atoms with Gasteiger partial charge in [0.2, 0.25) is 11.8 Å². The molecule has 0 spiro atoms. The molecule has 1 aliphatic rings. The Morgan fingerprint density at radius 1 is 1.00 bits per heavy atom. The Balaban J connectivity index is 1.53. The van der Waals surface area contributed by atoms with E-state index >= 15 is 0 Å². The first kappa shape index (κ1) is 19.4. The van der Waals surface area contributed by atoms with E-state index in [1.807, 2.05) is 37.2 Å². The molecule has 152 valence electrons. The van der Waals surface area contributed by atoms with Crippen LogP contribution in [0.5, 0.6) is 5.88 Å². The lowest BCUT2D eigenvalue weighted by molar-refractivity contribution is 0.139. The van der Waals surface area contributed by atoms with E-state index in [-0.39, 0.29) is 6.10 Å². The van der Waals surface area contributed by atoms with Gasteiger partial charge in [0.15, 0.2) is 0 Å². The van der Waals surface area contributed by atoms with Crippen LogP contribution in [-0.2, 0) is 6.42 Å². The summed E-state index contributed by atoms with van der Waals surface area (Å²) in [4.78, 5) is 6.31. The van der Waals surface area contributed by atoms with Crippen LogP contribution in [0, 0.1) is 0 Å². The molecule has 1 saturated carbocycles. The molecule has 0 atom stereocenters. The summed E-state index contributed by atoms with van der Waals surface area (Å²) in [5, 5.41) is 9.10. The maximum Gasteiger partial charge on any atom is 0.231 e. The molecule has 0 unspecified atom stereocenters. The van der Waals surface area contributed by atoms with Gasteiger partial charge in [0, 0.05) is 32.3 Å². The molecule has 3 aromatic rings. The molecule has 0 aliphatic heterocycles. The van der Waals surface area contributed by atoms with Crippen molar-refractivity contribution < 1.29 is 4.74 Å². The monoisotopic (exact) mass is 391 g/mol. The molecule has 0 amide bonds. The number of pyridine rings is 1. The lowest BCUT2D eigenvalue weighted by atomic mass is 9.86. The summed E-state index contributed by atoms with van der Waals surface area (Å²) < 4.78 is 8.27. The predicted molar refractivity (Wildman–Crippen MR) is 115 cm³/mol. The van der Waals surface area contributed by atoms with Gasteiger partial charge in [0.05, 0.1) is 5.69 Å². The maximum atomic E-state index is 6.06. The van der Waals surface area contributed by atoms with Crippen molar-refractivity contribution in [2.75, 3.05) is 19.0 Å². The molecule has 29 heavy (non-hydrogen) atoms. The molecule has 2 aromatic heterocycles. The second kappa shape index (κ2) is 8.64. The summed E-state index contributed by atoms with van der Waals surface area (Å²) in [6.07, 6.45) is 7.10. The minimum atomic E-state index is 0.217. The number of aromatic nitrogens is 4. The van der Waals surface area contributed by atoms with Crippen LogP contribution in [0.2, 0.25) is 0 Å². The van der Waals surface area contributed by atoms with Gasteiger partial charge in [-0.2, -0.15) is 0 Å². The van der Waals surface area contributed by atoms with Crippen LogP contribution in [0.1, 0.15) is 49.9 Å². The van der Waals surface area contributed by atoms with Crippen molar-refractivity contribution in [2.45, 2.75) is 51.0 Å². The Labute approximate surface area is 172 Å². The van der Waals surface area contributed by atoms with Crippen molar-refractivity contribution in [1.29, 1.82) is 0 Å². The van der Waals surface area contributed by atoms with E-state index in [9.17, 15) is 0 Å². The van der Waals surface area contributed by atoms with E-state index in [1.165, 1.54) is 5.56 Å². The van der Waals surface area contributed by atoms with E-state index in [4.69, 9.17) is 4.74 Å². The third-order valence-electron chi connectivity index (χ3n) is 5.64. The van der Waals surface area contributed by atoms with Crippen molar-refractivity contribution in [3.63, 3.8) is 0 Å². The molecule has 0 radical (unpaired) electrons. The lowest BCUT2D eigenvalue weighted by Crippen LogP contribution is -2.25. The first-order valence-corrected chi connectivity index (χ1v) is 10.5. The second-order valence-corrected chi connectivity index (χ2v) is 7.87. The zero-order valence-electron chi connectivity index (χ0n) is 17.5. The van der Waals surface area contributed by atoms with E-state index in [1.54, 1.807) is 6.20 Å². The second-order valence-electron chi connectivity index (χ2n) is 7.87. The molecule has 0 saturated heterocycles. The van der Waals surface area contributed by atoms with E-state index < -0.39 is 0 Å². The maximum absolute atomic E-state index is 6.06. The largest absolute Gasteiger partial charge is 0.474 e. The molecule has 6 nitrogen and oxygen atoms in total. The molecular formula is C23H29N5O. The number of benzene rings is 1.